The highest BCUT2D eigenvalue weighted by atomic mass is 16.4. The van der Waals surface area contributed by atoms with Crippen LogP contribution in [0.5, 0.6) is 0 Å². The van der Waals surface area contributed by atoms with Gasteiger partial charge in [-0.15, -0.1) is 0 Å². The van der Waals surface area contributed by atoms with E-state index in [9.17, 15) is 9.90 Å². The Kier molecular flexibility index (Phi) is 2.97. The van der Waals surface area contributed by atoms with Crippen molar-refractivity contribution in [1.29, 1.82) is 0 Å². The van der Waals surface area contributed by atoms with Crippen LogP contribution in [0.4, 0.5) is 5.69 Å². The number of anilines is 1. The Morgan fingerprint density at radius 1 is 1.32 bits per heavy atom. The zero-order valence-electron chi connectivity index (χ0n) is 11.0. The van der Waals surface area contributed by atoms with Gasteiger partial charge < -0.3 is 15.1 Å². The summed E-state index contributed by atoms with van der Waals surface area (Å²) in [4.78, 5) is 13.3. The lowest BCUT2D eigenvalue weighted by molar-refractivity contribution is 0.0696. The first-order chi connectivity index (χ1) is 9.06. The first-order valence-corrected chi connectivity index (χ1v) is 6.83. The van der Waals surface area contributed by atoms with E-state index in [0.29, 0.717) is 17.4 Å². The number of hydrogen-bond donors (Lipinski definition) is 2. The van der Waals surface area contributed by atoms with Crippen LogP contribution >= 0.6 is 0 Å². The summed E-state index contributed by atoms with van der Waals surface area (Å²) in [5, 5.41) is 19.0. The van der Waals surface area contributed by atoms with E-state index in [1.807, 2.05) is 19.1 Å². The minimum absolute atomic E-state index is 0.158. The third kappa shape index (κ3) is 2.10. The molecule has 2 N–H and O–H groups in total. The van der Waals surface area contributed by atoms with Gasteiger partial charge in [-0.1, -0.05) is 0 Å². The largest absolute Gasteiger partial charge is 0.478 e. The molecule has 1 aromatic rings. The van der Waals surface area contributed by atoms with Crippen molar-refractivity contribution in [2.75, 3.05) is 18.0 Å². The number of carboxylic acids is 1. The lowest BCUT2D eigenvalue weighted by Crippen LogP contribution is -2.24. The van der Waals surface area contributed by atoms with Gasteiger partial charge in [0.1, 0.15) is 0 Å². The molecule has 1 saturated heterocycles. The zero-order chi connectivity index (χ0) is 13.6. The molecular formula is C15H19NO3. The first kappa shape index (κ1) is 12.5. The fourth-order valence-corrected chi connectivity index (χ4v) is 3.53. The molecule has 3 rings (SSSR count). The third-order valence-electron chi connectivity index (χ3n) is 4.62. The Balaban J connectivity index is 1.81. The molecule has 0 aromatic heterocycles. The van der Waals surface area contributed by atoms with Gasteiger partial charge >= 0.3 is 5.97 Å². The van der Waals surface area contributed by atoms with Crippen LogP contribution in [0.25, 0.3) is 0 Å². The van der Waals surface area contributed by atoms with E-state index in [4.69, 9.17) is 5.11 Å². The monoisotopic (exact) mass is 261 g/mol. The summed E-state index contributed by atoms with van der Waals surface area (Å²) in [5.41, 5.74) is 2.23. The van der Waals surface area contributed by atoms with E-state index < -0.39 is 5.97 Å². The van der Waals surface area contributed by atoms with E-state index in [1.54, 1.807) is 6.07 Å². The van der Waals surface area contributed by atoms with Crippen molar-refractivity contribution in [1.82, 2.24) is 0 Å². The van der Waals surface area contributed by atoms with E-state index in [-0.39, 0.29) is 6.10 Å². The number of carboxylic acid groups (broad SMARTS) is 1. The topological polar surface area (TPSA) is 60.8 Å². The molecule has 1 aliphatic carbocycles. The highest BCUT2D eigenvalue weighted by Gasteiger charge is 2.41. The number of nitrogens with zero attached hydrogens (tertiary/aromatic N) is 1. The third-order valence-corrected chi connectivity index (χ3v) is 4.62. The second-order valence-corrected chi connectivity index (χ2v) is 5.78. The summed E-state index contributed by atoms with van der Waals surface area (Å²) in [7, 11) is 0. The molecule has 0 radical (unpaired) electrons. The number of rotatable bonds is 2. The number of aliphatic hydroxyl groups is 1. The fraction of sp³-hybridized carbons (Fsp3) is 0.533. The first-order valence-electron chi connectivity index (χ1n) is 6.83. The van der Waals surface area contributed by atoms with E-state index >= 15 is 0 Å². The maximum atomic E-state index is 11.0. The van der Waals surface area contributed by atoms with Gasteiger partial charge in [0, 0.05) is 24.7 Å². The number of hydrogen-bond acceptors (Lipinski definition) is 3. The molecule has 0 amide bonds. The van der Waals surface area contributed by atoms with Crippen molar-refractivity contribution >= 4 is 11.7 Å². The minimum Gasteiger partial charge on any atom is -0.478 e. The lowest BCUT2D eigenvalue weighted by Gasteiger charge is -2.21. The number of fused-ring (bicyclic) bond motifs is 1. The molecule has 4 nitrogen and oxygen atoms in total. The Morgan fingerprint density at radius 3 is 2.74 bits per heavy atom. The van der Waals surface area contributed by atoms with Gasteiger partial charge in [-0.25, -0.2) is 4.79 Å². The molecular weight excluding hydrogens is 242 g/mol. The predicted octanol–water partition coefficient (Wildman–Crippen LogP) is 1.90. The van der Waals surface area contributed by atoms with Crippen LogP contribution in [0.1, 0.15) is 28.8 Å². The van der Waals surface area contributed by atoms with Crippen molar-refractivity contribution in [3.8, 4) is 0 Å². The van der Waals surface area contributed by atoms with Gasteiger partial charge in [0.2, 0.25) is 0 Å². The zero-order valence-corrected chi connectivity index (χ0v) is 11.0. The van der Waals surface area contributed by atoms with E-state index in [2.05, 4.69) is 4.90 Å². The van der Waals surface area contributed by atoms with Crippen molar-refractivity contribution in [2.45, 2.75) is 25.9 Å². The second kappa shape index (κ2) is 4.53. The quantitative estimate of drug-likeness (QED) is 0.853. The number of carbonyl (C=O) groups is 1. The fourth-order valence-electron chi connectivity index (χ4n) is 3.53. The van der Waals surface area contributed by atoms with Gasteiger partial charge in [0.15, 0.2) is 0 Å². The molecule has 102 valence electrons. The molecule has 0 spiro atoms. The molecule has 2 fully saturated rings. The summed E-state index contributed by atoms with van der Waals surface area (Å²) >= 11 is 0. The Bertz CT molecular complexity index is 514. The van der Waals surface area contributed by atoms with Gasteiger partial charge in [0.25, 0.3) is 0 Å². The molecule has 3 atom stereocenters. The standard InChI is InChI=1S/C15H19NO3/c1-9-6-11(3-4-12(9)15(18)19)16-7-10-2-5-14(17)13(10)8-16/h3-4,6,10,13-14,17H,2,5,7-8H2,1H3,(H,18,19). The molecule has 2 aliphatic rings. The Hall–Kier alpha value is -1.55. The lowest BCUT2D eigenvalue weighted by atomic mass is 10.00. The molecule has 1 saturated carbocycles. The highest BCUT2D eigenvalue weighted by Crippen LogP contribution is 2.40. The van der Waals surface area contributed by atoms with E-state index in [0.717, 1.165) is 37.2 Å². The van der Waals surface area contributed by atoms with Crippen LogP contribution in [-0.2, 0) is 0 Å². The van der Waals surface area contributed by atoms with Crippen molar-refractivity contribution in [3.05, 3.63) is 29.3 Å². The van der Waals surface area contributed by atoms with Crippen LogP contribution in [0.3, 0.4) is 0 Å². The average Bonchev–Trinajstić information content (AvgIpc) is 2.91. The van der Waals surface area contributed by atoms with Crippen LogP contribution in [0, 0.1) is 18.8 Å². The van der Waals surface area contributed by atoms with Crippen molar-refractivity contribution < 1.29 is 15.0 Å². The van der Waals surface area contributed by atoms with Crippen molar-refractivity contribution in [3.63, 3.8) is 0 Å². The van der Waals surface area contributed by atoms with Gasteiger partial charge in [-0.3, -0.25) is 0 Å². The SMILES string of the molecule is Cc1cc(N2CC3CCC(O)C3C2)ccc1C(=O)O. The van der Waals surface area contributed by atoms with Gasteiger partial charge in [-0.2, -0.15) is 0 Å². The van der Waals surface area contributed by atoms with Gasteiger partial charge in [-0.05, 0) is 49.4 Å². The Morgan fingerprint density at radius 2 is 2.11 bits per heavy atom. The van der Waals surface area contributed by atoms with Crippen LogP contribution in [0.2, 0.25) is 0 Å². The highest BCUT2D eigenvalue weighted by molar-refractivity contribution is 5.89. The maximum Gasteiger partial charge on any atom is 0.335 e. The molecule has 19 heavy (non-hydrogen) atoms. The van der Waals surface area contributed by atoms with Crippen LogP contribution < -0.4 is 4.90 Å². The molecule has 0 bridgehead atoms. The molecule has 3 unspecified atom stereocenters. The number of aliphatic hydroxyl groups excluding tert-OH is 1. The average molecular weight is 261 g/mol. The Labute approximate surface area is 112 Å². The number of aromatic carboxylic acids is 1. The summed E-state index contributed by atoms with van der Waals surface area (Å²) in [6, 6.07) is 5.50. The van der Waals surface area contributed by atoms with Gasteiger partial charge in [0.05, 0.1) is 11.7 Å². The summed E-state index contributed by atoms with van der Waals surface area (Å²) in [6.07, 6.45) is 1.88. The van der Waals surface area contributed by atoms with Crippen LogP contribution in [0.15, 0.2) is 18.2 Å². The smallest absolute Gasteiger partial charge is 0.335 e. The van der Waals surface area contributed by atoms with Crippen LogP contribution in [-0.4, -0.2) is 35.4 Å². The summed E-state index contributed by atoms with van der Waals surface area (Å²) < 4.78 is 0. The maximum absolute atomic E-state index is 11.0. The second-order valence-electron chi connectivity index (χ2n) is 5.78. The number of aryl methyl sites for hydroxylation is 1. The van der Waals surface area contributed by atoms with Crippen molar-refractivity contribution in [2.24, 2.45) is 11.8 Å². The minimum atomic E-state index is -0.877. The predicted molar refractivity (Wildman–Crippen MR) is 72.6 cm³/mol. The summed E-state index contributed by atoms with van der Waals surface area (Å²) in [5.74, 6) is 0.103. The molecule has 1 heterocycles. The molecule has 1 aromatic carbocycles. The molecule has 1 aliphatic heterocycles. The summed E-state index contributed by atoms with van der Waals surface area (Å²) in [6.45, 7) is 3.70. The number of benzene rings is 1. The van der Waals surface area contributed by atoms with E-state index in [1.165, 1.54) is 0 Å². The normalized spacial score (nSPS) is 29.6. The molecule has 4 heteroatoms.